The summed E-state index contributed by atoms with van der Waals surface area (Å²) in [5.41, 5.74) is 0.538. The number of halogens is 3. The first-order chi connectivity index (χ1) is 17.8. The van der Waals surface area contributed by atoms with Crippen LogP contribution in [0.1, 0.15) is 11.1 Å². The average Bonchev–Trinajstić information content (AvgIpc) is 2.92. The maximum atomic E-state index is 14.3. The first kappa shape index (κ1) is 27.8. The minimum absolute atomic E-state index is 0.00179. The lowest BCUT2D eigenvalue weighted by atomic mass is 9.87. The quantitative estimate of drug-likeness (QED) is 0.375. The molecule has 200 valence electrons. The molecule has 0 aromatic heterocycles. The predicted octanol–water partition coefficient (Wildman–Crippen LogP) is 4.47. The van der Waals surface area contributed by atoms with Crippen molar-refractivity contribution < 1.29 is 51.8 Å². The van der Waals surface area contributed by atoms with Crippen LogP contribution in [-0.2, 0) is 13.2 Å². The molecule has 0 saturated heterocycles. The molecule has 37 heavy (non-hydrogen) atoms. The number of hydrogen-bond donors (Lipinski definition) is 2. The van der Waals surface area contributed by atoms with Crippen LogP contribution in [0.5, 0.6) is 34.5 Å². The molecule has 0 aliphatic heterocycles. The summed E-state index contributed by atoms with van der Waals surface area (Å²) in [6, 6.07) is 3.04. The molecule has 0 fully saturated rings. The molecule has 0 aliphatic carbocycles. The summed E-state index contributed by atoms with van der Waals surface area (Å²) in [5.74, 6) is -4.02. The van der Waals surface area contributed by atoms with Crippen LogP contribution in [0.4, 0.5) is 13.2 Å². The molecule has 8 nitrogen and oxygen atoms in total. The minimum atomic E-state index is -1.65. The highest BCUT2D eigenvalue weighted by Crippen LogP contribution is 2.57. The molecule has 3 rings (SSSR count). The first-order valence-electron chi connectivity index (χ1n) is 10.8. The van der Waals surface area contributed by atoms with Crippen molar-refractivity contribution in [3.05, 3.63) is 46.8 Å². The third kappa shape index (κ3) is 4.56. The number of aliphatic hydroxyl groups is 2. The van der Waals surface area contributed by atoms with Gasteiger partial charge in [0.15, 0.2) is 40.4 Å². The van der Waals surface area contributed by atoms with E-state index in [2.05, 4.69) is 0 Å². The predicted molar refractivity (Wildman–Crippen MR) is 128 cm³/mol. The molecule has 11 heteroatoms. The minimum Gasteiger partial charge on any atom is -0.493 e. The van der Waals surface area contributed by atoms with Gasteiger partial charge in [0.2, 0.25) is 11.5 Å². The lowest BCUT2D eigenvalue weighted by Gasteiger charge is -2.26. The van der Waals surface area contributed by atoms with Gasteiger partial charge in [-0.15, -0.1) is 0 Å². The van der Waals surface area contributed by atoms with E-state index in [1.165, 1.54) is 48.7 Å². The fraction of sp³-hybridized carbons (Fsp3) is 0.308. The first-order valence-corrected chi connectivity index (χ1v) is 10.8. The van der Waals surface area contributed by atoms with E-state index in [1.807, 2.05) is 0 Å². The molecule has 3 aromatic rings. The van der Waals surface area contributed by atoms with Crippen molar-refractivity contribution in [3.63, 3.8) is 0 Å². The van der Waals surface area contributed by atoms with Gasteiger partial charge in [-0.3, -0.25) is 0 Å². The summed E-state index contributed by atoms with van der Waals surface area (Å²) < 4.78 is 75.7. The molecule has 0 heterocycles. The second kappa shape index (κ2) is 11.5. The van der Waals surface area contributed by atoms with Crippen molar-refractivity contribution in [1.82, 2.24) is 0 Å². The molecule has 0 radical (unpaired) electrons. The van der Waals surface area contributed by atoms with E-state index in [0.717, 1.165) is 12.1 Å². The highest BCUT2D eigenvalue weighted by atomic mass is 19.2. The Morgan fingerprint density at radius 3 is 1.49 bits per heavy atom. The van der Waals surface area contributed by atoms with E-state index in [0.29, 0.717) is 0 Å². The van der Waals surface area contributed by atoms with Gasteiger partial charge in [0, 0.05) is 22.3 Å². The highest BCUT2D eigenvalue weighted by Gasteiger charge is 2.33. The molecule has 2 N–H and O–H groups in total. The van der Waals surface area contributed by atoms with Crippen molar-refractivity contribution >= 4 is 0 Å². The summed E-state index contributed by atoms with van der Waals surface area (Å²) in [5, 5.41) is 20.9. The molecular formula is C26H27F3O8. The Balaban J connectivity index is 2.67. The Labute approximate surface area is 211 Å². The van der Waals surface area contributed by atoms with Crippen LogP contribution in [0.25, 0.3) is 22.3 Å². The summed E-state index contributed by atoms with van der Waals surface area (Å²) in [4.78, 5) is 0. The summed E-state index contributed by atoms with van der Waals surface area (Å²) in [6.45, 7) is -1.21. The number of ether oxygens (including phenoxy) is 6. The molecule has 0 bridgehead atoms. The van der Waals surface area contributed by atoms with Gasteiger partial charge >= 0.3 is 0 Å². The van der Waals surface area contributed by atoms with Crippen LogP contribution in [0.3, 0.4) is 0 Å². The fourth-order valence-corrected chi connectivity index (χ4v) is 4.34. The Hall–Kier alpha value is -3.83. The number of methoxy groups -OCH3 is 6. The van der Waals surface area contributed by atoms with Gasteiger partial charge in [0.05, 0.1) is 55.9 Å². The zero-order chi connectivity index (χ0) is 27.4. The Kier molecular flexibility index (Phi) is 8.61. The maximum Gasteiger partial charge on any atom is 0.204 e. The zero-order valence-corrected chi connectivity index (χ0v) is 21.1. The fourth-order valence-electron chi connectivity index (χ4n) is 4.34. The molecule has 0 aliphatic rings. The van der Waals surface area contributed by atoms with Crippen LogP contribution in [0, 0.1) is 17.5 Å². The van der Waals surface area contributed by atoms with Crippen molar-refractivity contribution in [3.8, 4) is 56.8 Å². The van der Waals surface area contributed by atoms with E-state index in [-0.39, 0.29) is 67.9 Å². The Morgan fingerprint density at radius 1 is 0.568 bits per heavy atom. The number of rotatable bonds is 10. The Morgan fingerprint density at radius 2 is 1.05 bits per heavy atom. The van der Waals surface area contributed by atoms with Crippen LogP contribution in [0.15, 0.2) is 18.2 Å². The van der Waals surface area contributed by atoms with E-state index < -0.39 is 30.7 Å². The molecule has 0 saturated carbocycles. The van der Waals surface area contributed by atoms with Crippen molar-refractivity contribution in [2.75, 3.05) is 42.7 Å². The number of hydrogen-bond acceptors (Lipinski definition) is 8. The largest absolute Gasteiger partial charge is 0.493 e. The maximum absolute atomic E-state index is 14.3. The van der Waals surface area contributed by atoms with Crippen molar-refractivity contribution in [2.24, 2.45) is 0 Å². The van der Waals surface area contributed by atoms with Gasteiger partial charge < -0.3 is 38.6 Å². The highest BCUT2D eigenvalue weighted by molar-refractivity contribution is 5.94. The number of aliphatic hydroxyl groups excluding tert-OH is 2. The van der Waals surface area contributed by atoms with Gasteiger partial charge in [-0.25, -0.2) is 13.2 Å². The zero-order valence-electron chi connectivity index (χ0n) is 21.1. The smallest absolute Gasteiger partial charge is 0.204 e. The molecule has 0 spiro atoms. The van der Waals surface area contributed by atoms with E-state index in [4.69, 9.17) is 28.4 Å². The summed E-state index contributed by atoms with van der Waals surface area (Å²) in [7, 11) is 8.09. The second-order valence-electron chi connectivity index (χ2n) is 7.58. The molecule has 0 atom stereocenters. The Bertz CT molecular complexity index is 1290. The summed E-state index contributed by atoms with van der Waals surface area (Å²) >= 11 is 0. The van der Waals surface area contributed by atoms with Crippen molar-refractivity contribution in [1.29, 1.82) is 0 Å². The molecule has 3 aromatic carbocycles. The van der Waals surface area contributed by atoms with Gasteiger partial charge in [-0.2, -0.15) is 0 Å². The van der Waals surface area contributed by atoms with Crippen LogP contribution in [0.2, 0.25) is 0 Å². The molecule has 0 unspecified atom stereocenters. The van der Waals surface area contributed by atoms with Gasteiger partial charge in [0.25, 0.3) is 0 Å². The monoisotopic (exact) mass is 524 g/mol. The lowest BCUT2D eigenvalue weighted by molar-refractivity contribution is 0.275. The number of benzene rings is 3. The van der Waals surface area contributed by atoms with Crippen LogP contribution < -0.4 is 28.4 Å². The third-order valence-corrected chi connectivity index (χ3v) is 5.85. The van der Waals surface area contributed by atoms with Crippen LogP contribution in [-0.4, -0.2) is 52.9 Å². The topological polar surface area (TPSA) is 95.8 Å². The van der Waals surface area contributed by atoms with Crippen LogP contribution >= 0.6 is 0 Å². The van der Waals surface area contributed by atoms with E-state index in [1.54, 1.807) is 0 Å². The van der Waals surface area contributed by atoms with E-state index >= 15 is 0 Å². The summed E-state index contributed by atoms with van der Waals surface area (Å²) in [6.07, 6.45) is 0. The van der Waals surface area contributed by atoms with E-state index in [9.17, 15) is 23.4 Å². The second-order valence-corrected chi connectivity index (χ2v) is 7.58. The molecular weight excluding hydrogens is 497 g/mol. The lowest BCUT2D eigenvalue weighted by Crippen LogP contribution is -2.08. The third-order valence-electron chi connectivity index (χ3n) is 5.85. The standard InChI is InChI=1S/C26H27F3O8/c1-32-17-9-13(10-30)19(24(35-4)22(17)33-2)20-14(11-31)18(12-7-15(27)21(29)16(28)8-12)23(34-3)26(37-6)25(20)36-5/h7-9,30-31H,10-11H2,1-6H3. The SMILES string of the molecule is COc1cc(CO)c(-c2c(CO)c(-c3cc(F)c(F)c(F)c3)c(OC)c(OC)c2OC)c(OC)c1OC. The molecule has 0 amide bonds. The van der Waals surface area contributed by atoms with Gasteiger partial charge in [-0.05, 0) is 29.3 Å². The van der Waals surface area contributed by atoms with Gasteiger partial charge in [0.1, 0.15) is 0 Å². The van der Waals surface area contributed by atoms with Gasteiger partial charge in [-0.1, -0.05) is 0 Å². The average molecular weight is 524 g/mol. The normalized spacial score (nSPS) is 10.8. The van der Waals surface area contributed by atoms with Crippen molar-refractivity contribution in [2.45, 2.75) is 13.2 Å².